The minimum atomic E-state index is -0.927. The molecule has 3 aliphatic carbocycles. The molecule has 0 aromatic heterocycles. The van der Waals surface area contributed by atoms with Gasteiger partial charge in [-0.3, -0.25) is 0 Å². The number of aliphatic hydroxyl groups excluding tert-OH is 2. The van der Waals surface area contributed by atoms with E-state index in [0.717, 1.165) is 78.0 Å². The molecule has 2 saturated carbocycles. The minimum absolute atomic E-state index is 0.00445. The molecule has 0 saturated heterocycles. The highest BCUT2D eigenvalue weighted by Crippen LogP contribution is 2.63. The van der Waals surface area contributed by atoms with Crippen LogP contribution >= 0.6 is 11.8 Å². The highest BCUT2D eigenvalue weighted by atomic mass is 32.2. The Hall–Kier alpha value is -3.30. The van der Waals surface area contributed by atoms with Crippen LogP contribution in [-0.4, -0.2) is 59.1 Å². The van der Waals surface area contributed by atoms with E-state index in [0.29, 0.717) is 18.3 Å². The standard InChI is InChI=1S/C43H53NO6S/c1-3-24-48-43-40(51-34-15-6-7-16-34)28-38(44-47-2)36-26-31(14-8-10-22-45)35(17-9-11-23-46)41(42(36)43)37-27-33(20-21-39(37)50-43)49-32-19-18-29-12-4-5-13-30(29)25-32/h3-5,12-13,18-21,25-27,31,34-35,40-42,45-46H,1,6-11,14-17,22-24,28H2,2H3/t31-,35+,40-,41+,42+,43+/m0/s1. The van der Waals surface area contributed by atoms with Gasteiger partial charge in [0, 0.05) is 36.4 Å². The number of hydrogen-bond acceptors (Lipinski definition) is 8. The molecule has 6 atom stereocenters. The predicted octanol–water partition coefficient (Wildman–Crippen LogP) is 9.57. The van der Waals surface area contributed by atoms with Crippen LogP contribution in [0.25, 0.3) is 10.8 Å². The molecule has 2 N–H and O–H groups in total. The molecule has 3 aromatic rings. The first-order valence-corrected chi connectivity index (χ1v) is 20.0. The Morgan fingerprint density at radius 2 is 1.69 bits per heavy atom. The molecule has 7 rings (SSSR count). The third-order valence-electron chi connectivity index (χ3n) is 11.4. The Labute approximate surface area is 307 Å². The van der Waals surface area contributed by atoms with Gasteiger partial charge >= 0.3 is 0 Å². The van der Waals surface area contributed by atoms with E-state index in [1.165, 1.54) is 31.1 Å². The normalized spacial score (nSPS) is 27.8. The second-order valence-electron chi connectivity index (χ2n) is 14.6. The lowest BCUT2D eigenvalue weighted by molar-refractivity contribution is -0.223. The van der Waals surface area contributed by atoms with E-state index in [4.69, 9.17) is 24.2 Å². The Kier molecular flexibility index (Phi) is 11.7. The van der Waals surface area contributed by atoms with Gasteiger partial charge in [0.15, 0.2) is 0 Å². The largest absolute Gasteiger partial charge is 0.460 e. The number of allylic oxidation sites excluding steroid dienone is 1. The summed E-state index contributed by atoms with van der Waals surface area (Å²) in [4.78, 5) is 5.57. The van der Waals surface area contributed by atoms with E-state index in [9.17, 15) is 10.2 Å². The van der Waals surface area contributed by atoms with Crippen molar-refractivity contribution in [3.05, 3.63) is 90.5 Å². The van der Waals surface area contributed by atoms with Crippen molar-refractivity contribution >= 4 is 28.2 Å². The van der Waals surface area contributed by atoms with Crippen LogP contribution in [0, 0.1) is 17.8 Å². The quantitative estimate of drug-likeness (QED) is 0.0869. The molecule has 2 fully saturated rings. The van der Waals surface area contributed by atoms with E-state index in [2.05, 4.69) is 61.2 Å². The van der Waals surface area contributed by atoms with Crippen molar-refractivity contribution < 1.29 is 29.3 Å². The first-order chi connectivity index (χ1) is 25.1. The number of ether oxygens (including phenoxy) is 3. The van der Waals surface area contributed by atoms with Crippen molar-refractivity contribution in [1.82, 2.24) is 0 Å². The highest BCUT2D eigenvalue weighted by Gasteiger charge is 2.64. The molecule has 0 unspecified atom stereocenters. The average molecular weight is 712 g/mol. The third-order valence-corrected chi connectivity index (χ3v) is 13.1. The molecule has 272 valence electrons. The molecule has 0 radical (unpaired) electrons. The molecule has 0 bridgehead atoms. The van der Waals surface area contributed by atoms with Crippen molar-refractivity contribution in [3.8, 4) is 17.2 Å². The van der Waals surface area contributed by atoms with Crippen molar-refractivity contribution in [2.45, 2.75) is 92.8 Å². The van der Waals surface area contributed by atoms with Gasteiger partial charge in [-0.2, -0.15) is 0 Å². The molecule has 8 heteroatoms. The maximum absolute atomic E-state index is 9.86. The number of oxime groups is 1. The zero-order valence-corrected chi connectivity index (χ0v) is 30.7. The van der Waals surface area contributed by atoms with Crippen LogP contribution in [0.5, 0.6) is 17.2 Å². The summed E-state index contributed by atoms with van der Waals surface area (Å²) < 4.78 is 21.0. The number of unbranched alkanes of at least 4 members (excludes halogenated alkanes) is 2. The topological polar surface area (TPSA) is 89.7 Å². The second-order valence-corrected chi connectivity index (χ2v) is 16.1. The minimum Gasteiger partial charge on any atom is -0.460 e. The number of hydrogen-bond donors (Lipinski definition) is 2. The zero-order chi connectivity index (χ0) is 35.2. The molecular formula is C43H53NO6S. The lowest BCUT2D eigenvalue weighted by atomic mass is 9.56. The number of thioether (sulfide) groups is 1. The van der Waals surface area contributed by atoms with Gasteiger partial charge in [0.05, 0.1) is 23.5 Å². The molecule has 1 heterocycles. The lowest BCUT2D eigenvalue weighted by Crippen LogP contribution is -2.64. The van der Waals surface area contributed by atoms with Crippen molar-refractivity contribution in [1.29, 1.82) is 0 Å². The van der Waals surface area contributed by atoms with Crippen LogP contribution in [0.15, 0.2) is 90.1 Å². The van der Waals surface area contributed by atoms with Gasteiger partial charge in [0.1, 0.15) is 24.4 Å². The number of rotatable bonds is 16. The Balaban J connectivity index is 1.37. The van der Waals surface area contributed by atoms with E-state index in [-0.39, 0.29) is 42.1 Å². The zero-order valence-electron chi connectivity index (χ0n) is 29.9. The summed E-state index contributed by atoms with van der Waals surface area (Å²) >= 11 is 2.02. The molecule has 51 heavy (non-hydrogen) atoms. The van der Waals surface area contributed by atoms with Crippen LogP contribution in [0.4, 0.5) is 0 Å². The molecule has 0 spiro atoms. The Morgan fingerprint density at radius 3 is 2.45 bits per heavy atom. The monoisotopic (exact) mass is 711 g/mol. The maximum atomic E-state index is 9.86. The number of fused-ring (bicyclic) bond motifs is 3. The lowest BCUT2D eigenvalue weighted by Gasteiger charge is -2.58. The van der Waals surface area contributed by atoms with E-state index < -0.39 is 5.79 Å². The second kappa shape index (κ2) is 16.6. The Bertz CT molecular complexity index is 1720. The van der Waals surface area contributed by atoms with Crippen LogP contribution < -0.4 is 9.47 Å². The summed E-state index contributed by atoms with van der Waals surface area (Å²) in [5.74, 6) is 1.91. The van der Waals surface area contributed by atoms with Gasteiger partial charge in [-0.25, -0.2) is 0 Å². The van der Waals surface area contributed by atoms with E-state index >= 15 is 0 Å². The van der Waals surface area contributed by atoms with Crippen molar-refractivity contribution in [2.75, 3.05) is 26.9 Å². The summed E-state index contributed by atoms with van der Waals surface area (Å²) in [7, 11) is 1.64. The SMILES string of the molecule is C=CCO[C@@]12Oc3ccc(Oc4ccc5ccccc5c4)cc3[C@H]3[C@H](CCCCO)[C@@H](CCCCO)C=C(C(=NOC)C[C@@H]1SC1CCCC1)[C@H]32. The van der Waals surface area contributed by atoms with Crippen molar-refractivity contribution in [2.24, 2.45) is 22.9 Å². The smallest absolute Gasteiger partial charge is 0.230 e. The number of nitrogens with zero attached hydrogens (tertiary/aromatic N) is 1. The Morgan fingerprint density at radius 1 is 0.941 bits per heavy atom. The molecule has 3 aromatic carbocycles. The van der Waals surface area contributed by atoms with Gasteiger partial charge in [0.25, 0.3) is 0 Å². The van der Waals surface area contributed by atoms with Gasteiger partial charge in [-0.05, 0) is 97.0 Å². The molecule has 0 amide bonds. The molecule has 1 aliphatic heterocycles. The van der Waals surface area contributed by atoms with E-state index in [1.807, 2.05) is 30.0 Å². The third kappa shape index (κ3) is 7.48. The summed E-state index contributed by atoms with van der Waals surface area (Å²) in [5, 5.41) is 27.2. The number of benzene rings is 3. The summed E-state index contributed by atoms with van der Waals surface area (Å²) in [5.41, 5.74) is 3.27. The van der Waals surface area contributed by atoms with Crippen LogP contribution in [0.1, 0.15) is 82.1 Å². The van der Waals surface area contributed by atoms with Gasteiger partial charge in [0.2, 0.25) is 5.79 Å². The van der Waals surface area contributed by atoms with E-state index in [1.54, 1.807) is 7.11 Å². The molecule has 7 nitrogen and oxygen atoms in total. The van der Waals surface area contributed by atoms with Crippen LogP contribution in [0.3, 0.4) is 0 Å². The summed E-state index contributed by atoms with van der Waals surface area (Å²) in [6.45, 7) is 4.79. The fraction of sp³-hybridized carbons (Fsp3) is 0.512. The molecular weight excluding hydrogens is 659 g/mol. The first kappa shape index (κ1) is 36.1. The van der Waals surface area contributed by atoms with Crippen LogP contribution in [0.2, 0.25) is 0 Å². The van der Waals surface area contributed by atoms with Crippen LogP contribution in [-0.2, 0) is 9.57 Å². The fourth-order valence-corrected chi connectivity index (χ4v) is 11.0. The number of aliphatic hydroxyl groups is 2. The predicted molar refractivity (Wildman–Crippen MR) is 206 cm³/mol. The van der Waals surface area contributed by atoms with Crippen molar-refractivity contribution in [3.63, 3.8) is 0 Å². The summed E-state index contributed by atoms with van der Waals surface area (Å²) in [6.07, 6.45) is 15.2. The fourth-order valence-electron chi connectivity index (χ4n) is 9.24. The summed E-state index contributed by atoms with van der Waals surface area (Å²) in [6, 6.07) is 20.8. The average Bonchev–Trinajstić information content (AvgIpc) is 3.67. The first-order valence-electron chi connectivity index (χ1n) is 19.0. The van der Waals surface area contributed by atoms with Gasteiger partial charge in [-0.1, -0.05) is 73.3 Å². The molecule has 4 aliphatic rings. The van der Waals surface area contributed by atoms with Gasteiger partial charge in [-0.15, -0.1) is 18.3 Å². The van der Waals surface area contributed by atoms with Gasteiger partial charge < -0.3 is 29.3 Å². The highest BCUT2D eigenvalue weighted by molar-refractivity contribution is 8.00. The maximum Gasteiger partial charge on any atom is 0.230 e.